The van der Waals surface area contributed by atoms with Gasteiger partial charge < -0.3 is 13.3 Å². The molecule has 4 heteroatoms. The summed E-state index contributed by atoms with van der Waals surface area (Å²) in [5.41, 5.74) is 0. The summed E-state index contributed by atoms with van der Waals surface area (Å²) in [7, 11) is -1.13. The van der Waals surface area contributed by atoms with Crippen molar-refractivity contribution in [2.24, 2.45) is 0 Å². The first-order valence-corrected chi connectivity index (χ1v) is 14.2. The van der Waals surface area contributed by atoms with E-state index in [0.717, 1.165) is 10.7 Å². The fourth-order valence-corrected chi connectivity index (χ4v) is 15.8. The molecule has 0 N–H and O–H groups in total. The molecule has 0 unspecified atom stereocenters. The summed E-state index contributed by atoms with van der Waals surface area (Å²) in [6.45, 7) is 14.7. The zero-order valence-corrected chi connectivity index (χ0v) is 14.7. The Morgan fingerprint density at radius 3 is 1.76 bits per heavy atom. The van der Waals surface area contributed by atoms with Crippen molar-refractivity contribution in [3.05, 3.63) is 30.3 Å². The summed E-state index contributed by atoms with van der Waals surface area (Å²) in [5.74, 6) is 0.996. The summed E-state index contributed by atoms with van der Waals surface area (Å²) in [4.78, 5) is 0.773. The van der Waals surface area contributed by atoms with Gasteiger partial charge in [0.25, 0.3) is 0 Å². The van der Waals surface area contributed by atoms with Gasteiger partial charge in [-0.1, -0.05) is 57.5 Å². The monoisotopic (exact) mass is 283 g/mol. The molecule has 0 amide bonds. The molecule has 0 radical (unpaired) electrons. The van der Waals surface area contributed by atoms with Crippen LogP contribution in [0.2, 0.25) is 39.3 Å². The Labute approximate surface area is 110 Å². The SMILES string of the molecule is C[Si](C)(C)C([P-]Oc1ccccc1)[Si](C)(C)C. The third-order valence-corrected chi connectivity index (χ3v) is 16.9. The largest absolute Gasteiger partial charge is 0.670 e. The van der Waals surface area contributed by atoms with Gasteiger partial charge in [-0.2, -0.15) is 0 Å². The molecule has 0 spiro atoms. The fourth-order valence-electron chi connectivity index (χ4n) is 2.21. The van der Waals surface area contributed by atoms with E-state index in [2.05, 4.69) is 39.3 Å². The molecule has 96 valence electrons. The molecule has 1 aromatic rings. The lowest BCUT2D eigenvalue weighted by Crippen LogP contribution is -2.51. The van der Waals surface area contributed by atoms with Crippen LogP contribution in [0.4, 0.5) is 0 Å². The Bertz CT molecular complexity index is 327. The van der Waals surface area contributed by atoms with Gasteiger partial charge in [0.05, 0.1) is 5.75 Å². The van der Waals surface area contributed by atoms with Gasteiger partial charge >= 0.3 is 0 Å². The maximum atomic E-state index is 5.96. The van der Waals surface area contributed by atoms with Crippen LogP contribution in [0, 0.1) is 0 Å². The van der Waals surface area contributed by atoms with E-state index in [1.54, 1.807) is 0 Å². The average molecular weight is 283 g/mol. The first-order valence-electron chi connectivity index (χ1n) is 6.13. The van der Waals surface area contributed by atoms with Crippen molar-refractivity contribution in [2.45, 2.75) is 44.2 Å². The van der Waals surface area contributed by atoms with Crippen molar-refractivity contribution < 1.29 is 4.52 Å². The maximum Gasteiger partial charge on any atom is 0.0843 e. The summed E-state index contributed by atoms with van der Waals surface area (Å²) >= 11 is 0. The van der Waals surface area contributed by atoms with Gasteiger partial charge in [-0.05, 0) is 12.1 Å². The highest BCUT2D eigenvalue weighted by Gasteiger charge is 2.30. The van der Waals surface area contributed by atoms with Crippen LogP contribution in [0.15, 0.2) is 30.3 Å². The summed E-state index contributed by atoms with van der Waals surface area (Å²) in [6.07, 6.45) is 0. The minimum absolute atomic E-state index is 0.773. The Hall–Kier alpha value is -0.116. The average Bonchev–Trinajstić information content (AvgIpc) is 2.15. The molecule has 0 aliphatic carbocycles. The zero-order valence-electron chi connectivity index (χ0n) is 11.8. The summed E-state index contributed by atoms with van der Waals surface area (Å²) < 4.78 is 5.96. The Morgan fingerprint density at radius 1 is 0.882 bits per heavy atom. The highest BCUT2D eigenvalue weighted by atomic mass is 31.1. The van der Waals surface area contributed by atoms with E-state index >= 15 is 0 Å². The highest BCUT2D eigenvalue weighted by Crippen LogP contribution is 2.36. The minimum Gasteiger partial charge on any atom is -0.670 e. The summed E-state index contributed by atoms with van der Waals surface area (Å²) in [5, 5.41) is 0. The predicted octanol–water partition coefficient (Wildman–Crippen LogP) is 5.05. The second kappa shape index (κ2) is 5.68. The molecular weight excluding hydrogens is 259 g/mol. The van der Waals surface area contributed by atoms with Crippen molar-refractivity contribution in [2.75, 3.05) is 0 Å². The second-order valence-corrected chi connectivity index (χ2v) is 19.7. The topological polar surface area (TPSA) is 9.23 Å². The van der Waals surface area contributed by atoms with Crippen molar-refractivity contribution in [3.63, 3.8) is 0 Å². The second-order valence-electron chi connectivity index (χ2n) is 6.64. The Kier molecular flexibility index (Phi) is 5.00. The van der Waals surface area contributed by atoms with Crippen LogP contribution >= 0.6 is 8.81 Å². The van der Waals surface area contributed by atoms with Crippen LogP contribution in [0.5, 0.6) is 5.75 Å². The number of para-hydroxylation sites is 1. The number of hydrogen-bond donors (Lipinski definition) is 0. The molecule has 0 bridgehead atoms. The first kappa shape index (κ1) is 14.9. The number of hydrogen-bond acceptors (Lipinski definition) is 1. The predicted molar refractivity (Wildman–Crippen MR) is 84.5 cm³/mol. The molecule has 0 atom stereocenters. The van der Waals surface area contributed by atoms with Crippen LogP contribution in [0.25, 0.3) is 0 Å². The minimum atomic E-state index is -1.15. The van der Waals surface area contributed by atoms with Gasteiger partial charge in [-0.15, -0.1) is 4.91 Å². The van der Waals surface area contributed by atoms with E-state index < -0.39 is 16.1 Å². The smallest absolute Gasteiger partial charge is 0.0843 e. The Balaban J connectivity index is 2.70. The van der Waals surface area contributed by atoms with E-state index in [1.807, 2.05) is 30.3 Å². The lowest BCUT2D eigenvalue weighted by molar-refractivity contribution is 0.631. The normalized spacial score (nSPS) is 13.6. The molecule has 0 aliphatic rings. The van der Waals surface area contributed by atoms with E-state index in [1.165, 1.54) is 8.81 Å². The molecule has 0 fully saturated rings. The van der Waals surface area contributed by atoms with Gasteiger partial charge in [-0.25, -0.2) is 0 Å². The van der Waals surface area contributed by atoms with Crippen molar-refractivity contribution in [1.82, 2.24) is 0 Å². The molecule has 1 aromatic carbocycles. The molecule has 0 aliphatic heterocycles. The van der Waals surface area contributed by atoms with Crippen molar-refractivity contribution in [3.8, 4) is 5.75 Å². The van der Waals surface area contributed by atoms with Crippen LogP contribution in [0.3, 0.4) is 0 Å². The maximum absolute atomic E-state index is 5.96. The first-order chi connectivity index (χ1) is 7.71. The number of rotatable bonds is 5. The van der Waals surface area contributed by atoms with Crippen molar-refractivity contribution in [1.29, 1.82) is 0 Å². The van der Waals surface area contributed by atoms with Gasteiger partial charge in [-0.3, -0.25) is 0 Å². The molecule has 0 heterocycles. The number of benzene rings is 1. The zero-order chi connectivity index (χ0) is 13.1. The van der Waals surface area contributed by atoms with Crippen LogP contribution in [-0.4, -0.2) is 21.1 Å². The highest BCUT2D eigenvalue weighted by molar-refractivity contribution is 7.45. The van der Waals surface area contributed by atoms with E-state index in [9.17, 15) is 0 Å². The standard InChI is InChI=1S/C13H24OPSi2/c1-16(2,3)13(17(4,5)6)15-14-12-10-8-7-9-11-12/h7-11,13H,1-6H3/q-1. The van der Waals surface area contributed by atoms with Gasteiger partial charge in [0.15, 0.2) is 0 Å². The molecule has 0 saturated heterocycles. The quantitative estimate of drug-likeness (QED) is 0.543. The van der Waals surface area contributed by atoms with Crippen LogP contribution < -0.4 is 4.52 Å². The molecule has 17 heavy (non-hydrogen) atoms. The molecule has 1 rings (SSSR count). The summed E-state index contributed by atoms with van der Waals surface area (Å²) in [6, 6.07) is 10.2. The molecule has 0 aromatic heterocycles. The third-order valence-electron chi connectivity index (χ3n) is 2.65. The van der Waals surface area contributed by atoms with Crippen LogP contribution in [0.1, 0.15) is 0 Å². The fraction of sp³-hybridized carbons (Fsp3) is 0.538. The molecular formula is C13H24OPSi2-. The molecule has 0 saturated carbocycles. The Morgan fingerprint density at radius 2 is 1.35 bits per heavy atom. The lowest BCUT2D eigenvalue weighted by atomic mass is 10.3. The third kappa shape index (κ3) is 4.94. The van der Waals surface area contributed by atoms with Crippen molar-refractivity contribution >= 4 is 25.0 Å². The van der Waals surface area contributed by atoms with E-state index in [0.29, 0.717) is 0 Å². The van der Waals surface area contributed by atoms with Gasteiger partial charge in [0.2, 0.25) is 0 Å². The van der Waals surface area contributed by atoms with Gasteiger partial charge in [0, 0.05) is 16.1 Å². The van der Waals surface area contributed by atoms with E-state index in [4.69, 9.17) is 4.52 Å². The van der Waals surface area contributed by atoms with Gasteiger partial charge in [0.1, 0.15) is 0 Å². The lowest BCUT2D eigenvalue weighted by Gasteiger charge is -2.47. The van der Waals surface area contributed by atoms with Crippen LogP contribution in [-0.2, 0) is 0 Å². The molecule has 1 nitrogen and oxygen atoms in total. The van der Waals surface area contributed by atoms with E-state index in [-0.39, 0.29) is 0 Å².